The molecule has 8 nitrogen and oxygen atoms in total. The van der Waals surface area contributed by atoms with Gasteiger partial charge in [0.2, 0.25) is 0 Å². The predicted molar refractivity (Wildman–Crippen MR) is 99.9 cm³/mol. The summed E-state index contributed by atoms with van der Waals surface area (Å²) in [7, 11) is 2.70. The number of carbonyl (C=O) groups is 2. The number of phenolic OH excluding ortho intramolecular Hbond substituents is 2. The molecule has 0 fully saturated rings. The number of unbranched alkanes of at least 4 members (excludes halogenated alkanes) is 1. The Balaban J connectivity index is 2.21. The molecule has 2 aromatic carbocycles. The Labute approximate surface area is 161 Å². The first kappa shape index (κ1) is 20.9. The molecule has 0 aliphatic rings. The number of aromatic carboxylic acids is 2. The molecule has 0 unspecified atom stereocenters. The number of carboxylic acids is 2. The smallest absolute Gasteiger partial charge is 0.336 e. The van der Waals surface area contributed by atoms with Crippen molar-refractivity contribution in [1.82, 2.24) is 0 Å². The molecule has 0 aliphatic carbocycles. The summed E-state index contributed by atoms with van der Waals surface area (Å²) in [5, 5.41) is 38.5. The summed E-state index contributed by atoms with van der Waals surface area (Å²) in [5.41, 5.74) is 0.819. The molecule has 150 valence electrons. The summed E-state index contributed by atoms with van der Waals surface area (Å²) in [6.45, 7) is 0. The lowest BCUT2D eigenvalue weighted by Crippen LogP contribution is -2.07. The van der Waals surface area contributed by atoms with Crippen LogP contribution in [0.3, 0.4) is 0 Å². The van der Waals surface area contributed by atoms with Gasteiger partial charge in [-0.1, -0.05) is 0 Å². The van der Waals surface area contributed by atoms with Crippen LogP contribution in [0.5, 0.6) is 23.0 Å². The molecule has 28 heavy (non-hydrogen) atoms. The van der Waals surface area contributed by atoms with E-state index in [-0.39, 0.29) is 34.1 Å². The molecule has 0 bridgehead atoms. The molecule has 2 rings (SSSR count). The normalized spacial score (nSPS) is 10.5. The number of ether oxygens (including phenoxy) is 2. The van der Waals surface area contributed by atoms with Crippen LogP contribution in [0, 0.1) is 0 Å². The first-order valence-corrected chi connectivity index (χ1v) is 8.56. The van der Waals surface area contributed by atoms with Gasteiger partial charge in [-0.25, -0.2) is 9.59 Å². The van der Waals surface area contributed by atoms with Gasteiger partial charge in [0.1, 0.15) is 0 Å². The third-order valence-corrected chi connectivity index (χ3v) is 4.45. The topological polar surface area (TPSA) is 134 Å². The van der Waals surface area contributed by atoms with Crippen molar-refractivity contribution >= 4 is 11.9 Å². The van der Waals surface area contributed by atoms with Crippen LogP contribution in [0.25, 0.3) is 0 Å². The van der Waals surface area contributed by atoms with Crippen LogP contribution >= 0.6 is 0 Å². The van der Waals surface area contributed by atoms with E-state index in [1.165, 1.54) is 38.5 Å². The molecule has 4 N–H and O–H groups in total. The highest BCUT2D eigenvalue weighted by Gasteiger charge is 2.20. The van der Waals surface area contributed by atoms with Gasteiger partial charge in [-0.15, -0.1) is 0 Å². The Hall–Kier alpha value is -3.42. The second kappa shape index (κ2) is 8.98. The molecule has 8 heteroatoms. The van der Waals surface area contributed by atoms with Gasteiger partial charge >= 0.3 is 11.9 Å². The maximum atomic E-state index is 11.4. The van der Waals surface area contributed by atoms with Gasteiger partial charge < -0.3 is 29.9 Å². The van der Waals surface area contributed by atoms with Crippen molar-refractivity contribution in [2.24, 2.45) is 0 Å². The summed E-state index contributed by atoms with van der Waals surface area (Å²) in [5.74, 6) is -2.33. The summed E-state index contributed by atoms with van der Waals surface area (Å²) in [6, 6.07) is 5.16. The average molecular weight is 390 g/mol. The van der Waals surface area contributed by atoms with Crippen molar-refractivity contribution in [3.63, 3.8) is 0 Å². The minimum atomic E-state index is -1.13. The summed E-state index contributed by atoms with van der Waals surface area (Å²) >= 11 is 0. The van der Waals surface area contributed by atoms with Crippen molar-refractivity contribution in [3.05, 3.63) is 46.5 Å². The first-order valence-electron chi connectivity index (χ1n) is 8.56. The van der Waals surface area contributed by atoms with Gasteiger partial charge in [0.15, 0.2) is 23.0 Å². The monoisotopic (exact) mass is 390 g/mol. The van der Waals surface area contributed by atoms with E-state index in [1.807, 2.05) is 0 Å². The van der Waals surface area contributed by atoms with Crippen LogP contribution in [0.4, 0.5) is 0 Å². The van der Waals surface area contributed by atoms with Crippen molar-refractivity contribution < 1.29 is 39.5 Å². The third-order valence-electron chi connectivity index (χ3n) is 4.45. The van der Waals surface area contributed by atoms with Crippen LogP contribution in [0.2, 0.25) is 0 Å². The van der Waals surface area contributed by atoms with Gasteiger partial charge in [-0.3, -0.25) is 0 Å². The van der Waals surface area contributed by atoms with Gasteiger partial charge in [0, 0.05) is 11.1 Å². The molecule has 0 heterocycles. The minimum Gasteiger partial charge on any atom is -0.504 e. The molecule has 0 aromatic heterocycles. The fourth-order valence-corrected chi connectivity index (χ4v) is 3.19. The lowest BCUT2D eigenvalue weighted by molar-refractivity contribution is 0.0684. The Morgan fingerprint density at radius 1 is 0.750 bits per heavy atom. The zero-order valence-electron chi connectivity index (χ0n) is 15.6. The summed E-state index contributed by atoms with van der Waals surface area (Å²) in [4.78, 5) is 22.9. The number of hydrogen-bond donors (Lipinski definition) is 4. The van der Waals surface area contributed by atoms with Gasteiger partial charge in [0.05, 0.1) is 25.3 Å². The predicted octanol–water partition coefficient (Wildman–Crippen LogP) is 3.08. The molecule has 0 spiro atoms. The molecular weight excluding hydrogens is 368 g/mol. The van der Waals surface area contributed by atoms with Gasteiger partial charge in [-0.2, -0.15) is 0 Å². The lowest BCUT2D eigenvalue weighted by Gasteiger charge is -2.15. The fourth-order valence-electron chi connectivity index (χ4n) is 3.19. The van der Waals surface area contributed by atoms with E-state index in [2.05, 4.69) is 0 Å². The van der Waals surface area contributed by atoms with E-state index < -0.39 is 11.9 Å². The zero-order chi connectivity index (χ0) is 20.8. The quantitative estimate of drug-likeness (QED) is 0.480. The number of phenols is 2. The van der Waals surface area contributed by atoms with Crippen LogP contribution in [-0.4, -0.2) is 46.6 Å². The fraction of sp³-hybridized carbons (Fsp3) is 0.300. The molecule has 0 amide bonds. The molecule has 0 radical (unpaired) electrons. The van der Waals surface area contributed by atoms with E-state index in [9.17, 15) is 30.0 Å². The SMILES string of the molecule is COc1c(O)ccc(C(=O)O)c1CCCCc1c(C(=O)O)ccc(O)c1OC. The summed E-state index contributed by atoms with van der Waals surface area (Å²) in [6.07, 6.45) is 1.61. The maximum Gasteiger partial charge on any atom is 0.336 e. The Morgan fingerprint density at radius 2 is 1.11 bits per heavy atom. The molecule has 0 aliphatic heterocycles. The van der Waals surface area contributed by atoms with Gasteiger partial charge in [0.25, 0.3) is 0 Å². The number of rotatable bonds is 9. The van der Waals surface area contributed by atoms with Gasteiger partial charge in [-0.05, 0) is 49.9 Å². The Morgan fingerprint density at radius 3 is 1.39 bits per heavy atom. The molecule has 0 atom stereocenters. The van der Waals surface area contributed by atoms with Crippen LogP contribution in [0.15, 0.2) is 24.3 Å². The highest BCUT2D eigenvalue weighted by atomic mass is 16.5. The summed E-state index contributed by atoms with van der Waals surface area (Å²) < 4.78 is 10.3. The molecule has 2 aromatic rings. The Kier molecular flexibility index (Phi) is 6.70. The molecule has 0 saturated carbocycles. The lowest BCUT2D eigenvalue weighted by atomic mass is 9.96. The van der Waals surface area contributed by atoms with Crippen molar-refractivity contribution in [2.45, 2.75) is 25.7 Å². The molecule has 0 saturated heterocycles. The minimum absolute atomic E-state index is 0.0378. The van der Waals surface area contributed by atoms with E-state index in [0.717, 1.165) is 0 Å². The largest absolute Gasteiger partial charge is 0.504 e. The first-order chi connectivity index (χ1) is 13.3. The number of benzene rings is 2. The van der Waals surface area contributed by atoms with Crippen LogP contribution < -0.4 is 9.47 Å². The average Bonchev–Trinajstić information content (AvgIpc) is 2.64. The van der Waals surface area contributed by atoms with Crippen molar-refractivity contribution in [1.29, 1.82) is 0 Å². The number of carboxylic acid groups (broad SMARTS) is 2. The standard InChI is InChI=1S/C20H22O8/c1-27-17-11(13(19(23)24)7-9-15(17)21)5-3-4-6-12-14(20(25)26)8-10-16(22)18(12)28-2/h7-10,21-22H,3-6H2,1-2H3,(H,23,24)(H,25,26). The van der Waals surface area contributed by atoms with Crippen LogP contribution in [-0.2, 0) is 12.8 Å². The number of methoxy groups -OCH3 is 2. The van der Waals surface area contributed by atoms with E-state index in [0.29, 0.717) is 36.8 Å². The Bertz CT molecular complexity index is 815. The van der Waals surface area contributed by atoms with Crippen molar-refractivity contribution in [3.8, 4) is 23.0 Å². The van der Waals surface area contributed by atoms with E-state index in [1.54, 1.807) is 0 Å². The zero-order valence-corrected chi connectivity index (χ0v) is 15.6. The second-order valence-electron chi connectivity index (χ2n) is 6.11. The number of hydrogen-bond acceptors (Lipinski definition) is 6. The van der Waals surface area contributed by atoms with E-state index in [4.69, 9.17) is 9.47 Å². The van der Waals surface area contributed by atoms with Crippen molar-refractivity contribution in [2.75, 3.05) is 14.2 Å². The van der Waals surface area contributed by atoms with Crippen LogP contribution in [0.1, 0.15) is 44.7 Å². The maximum absolute atomic E-state index is 11.4. The second-order valence-corrected chi connectivity index (χ2v) is 6.11. The highest BCUT2D eigenvalue weighted by Crippen LogP contribution is 2.36. The number of aromatic hydroxyl groups is 2. The third kappa shape index (κ3) is 4.28. The molecular formula is C20H22O8. The highest BCUT2D eigenvalue weighted by molar-refractivity contribution is 5.91. The van der Waals surface area contributed by atoms with E-state index >= 15 is 0 Å².